The van der Waals surface area contributed by atoms with Gasteiger partial charge in [-0.2, -0.15) is 0 Å². The Kier molecular flexibility index (Phi) is 5.06. The summed E-state index contributed by atoms with van der Waals surface area (Å²) in [5, 5.41) is 12.1. The number of aromatic nitrogens is 3. The van der Waals surface area contributed by atoms with Crippen molar-refractivity contribution in [3.63, 3.8) is 0 Å². The van der Waals surface area contributed by atoms with E-state index >= 15 is 0 Å². The van der Waals surface area contributed by atoms with Gasteiger partial charge in [0.25, 0.3) is 0 Å². The van der Waals surface area contributed by atoms with Gasteiger partial charge in [0, 0.05) is 22.6 Å². The topological polar surface area (TPSA) is 59.8 Å². The maximum Gasteiger partial charge on any atom is 0.237 e. The van der Waals surface area contributed by atoms with Gasteiger partial charge in [-0.3, -0.25) is 4.79 Å². The van der Waals surface area contributed by atoms with Gasteiger partial charge in [0.05, 0.1) is 5.25 Å². The van der Waals surface area contributed by atoms with E-state index in [1.165, 1.54) is 24.6 Å². The summed E-state index contributed by atoms with van der Waals surface area (Å²) in [7, 11) is 0. The second kappa shape index (κ2) is 7.05. The highest BCUT2D eigenvalue weighted by atomic mass is 79.9. The molecule has 1 atom stereocenters. The Hall–Kier alpha value is -1.34. The van der Waals surface area contributed by atoms with Gasteiger partial charge in [0.15, 0.2) is 5.16 Å². The van der Waals surface area contributed by atoms with Crippen molar-refractivity contribution in [3.8, 4) is 0 Å². The summed E-state index contributed by atoms with van der Waals surface area (Å²) in [5.41, 5.74) is 0.793. The lowest BCUT2D eigenvalue weighted by Crippen LogP contribution is -2.23. The van der Waals surface area contributed by atoms with Crippen LogP contribution in [-0.2, 0) is 11.3 Å². The monoisotopic (exact) mass is 394 g/mol. The minimum atomic E-state index is -0.236. The molecule has 0 saturated heterocycles. The van der Waals surface area contributed by atoms with E-state index in [-0.39, 0.29) is 11.2 Å². The smallest absolute Gasteiger partial charge is 0.237 e. The third kappa shape index (κ3) is 3.95. The fourth-order valence-electron chi connectivity index (χ4n) is 2.32. The maximum atomic E-state index is 12.4. The van der Waals surface area contributed by atoms with Gasteiger partial charge in [0.2, 0.25) is 5.91 Å². The van der Waals surface area contributed by atoms with Crippen LogP contribution in [0.5, 0.6) is 0 Å². The van der Waals surface area contributed by atoms with Crippen LogP contribution in [0.1, 0.15) is 38.4 Å². The number of nitrogens with zero attached hydrogens (tertiary/aromatic N) is 3. The fraction of sp³-hybridized carbons (Fsp3) is 0.438. The quantitative estimate of drug-likeness (QED) is 0.750. The molecular weight excluding hydrogens is 376 g/mol. The summed E-state index contributed by atoms with van der Waals surface area (Å²) in [6.07, 6.45) is 2.39. The molecule has 1 aliphatic carbocycles. The van der Waals surface area contributed by atoms with Crippen LogP contribution in [0.25, 0.3) is 0 Å². The summed E-state index contributed by atoms with van der Waals surface area (Å²) in [5.74, 6) is 1.59. The van der Waals surface area contributed by atoms with E-state index in [4.69, 9.17) is 0 Å². The first-order chi connectivity index (χ1) is 11.1. The van der Waals surface area contributed by atoms with Crippen molar-refractivity contribution in [1.82, 2.24) is 14.8 Å². The number of anilines is 1. The zero-order chi connectivity index (χ0) is 16.4. The predicted octanol–water partition coefficient (Wildman–Crippen LogP) is 4.06. The molecular formula is C16H19BrN4OS. The van der Waals surface area contributed by atoms with Gasteiger partial charge in [-0.05, 0) is 51.0 Å². The molecule has 122 valence electrons. The average molecular weight is 395 g/mol. The molecule has 1 aromatic carbocycles. The third-order valence-electron chi connectivity index (χ3n) is 3.77. The van der Waals surface area contributed by atoms with E-state index in [9.17, 15) is 4.79 Å². The van der Waals surface area contributed by atoms with Crippen molar-refractivity contribution in [2.75, 3.05) is 5.32 Å². The first-order valence-electron chi connectivity index (χ1n) is 7.74. The molecule has 1 aliphatic rings. The molecule has 1 aromatic heterocycles. The zero-order valence-electron chi connectivity index (χ0n) is 13.1. The van der Waals surface area contributed by atoms with Crippen LogP contribution in [0.3, 0.4) is 0 Å². The molecule has 0 aliphatic heterocycles. The minimum Gasteiger partial charge on any atom is -0.325 e. The van der Waals surface area contributed by atoms with Crippen LogP contribution in [0.2, 0.25) is 0 Å². The van der Waals surface area contributed by atoms with Crippen LogP contribution in [0.15, 0.2) is 33.9 Å². The van der Waals surface area contributed by atoms with Crippen molar-refractivity contribution >= 4 is 39.3 Å². The van der Waals surface area contributed by atoms with Gasteiger partial charge >= 0.3 is 0 Å². The second-order valence-electron chi connectivity index (χ2n) is 5.62. The molecule has 3 rings (SSSR count). The summed E-state index contributed by atoms with van der Waals surface area (Å²) in [6, 6.07) is 7.56. The molecule has 2 aromatic rings. The van der Waals surface area contributed by atoms with E-state index in [0.717, 1.165) is 27.7 Å². The number of hydrogen-bond donors (Lipinski definition) is 1. The van der Waals surface area contributed by atoms with Crippen LogP contribution < -0.4 is 5.32 Å². The minimum absolute atomic E-state index is 0.0315. The number of carbonyl (C=O) groups excluding carboxylic acids is 1. The van der Waals surface area contributed by atoms with Crippen molar-refractivity contribution in [1.29, 1.82) is 0 Å². The first-order valence-corrected chi connectivity index (χ1v) is 9.42. The molecule has 0 radical (unpaired) electrons. The highest BCUT2D eigenvalue weighted by Gasteiger charge is 2.30. The number of hydrogen-bond acceptors (Lipinski definition) is 4. The van der Waals surface area contributed by atoms with E-state index < -0.39 is 0 Å². The Bertz CT molecular complexity index is 697. The molecule has 23 heavy (non-hydrogen) atoms. The molecule has 7 heteroatoms. The highest BCUT2D eigenvalue weighted by Crippen LogP contribution is 2.40. The standard InChI is InChI=1S/C16H19BrN4OS/c1-3-21-14(11-4-5-11)19-20-16(21)23-10(2)15(22)18-13-8-6-12(17)7-9-13/h6-11H,3-5H2,1-2H3,(H,18,22)/t10-/m1/s1. The lowest BCUT2D eigenvalue weighted by Gasteiger charge is -2.12. The number of halogens is 1. The highest BCUT2D eigenvalue weighted by molar-refractivity contribution is 9.10. The SMILES string of the molecule is CCn1c(S[C@H](C)C(=O)Nc2ccc(Br)cc2)nnc1C1CC1. The first kappa shape index (κ1) is 16.5. The Morgan fingerprint density at radius 1 is 1.39 bits per heavy atom. The molecule has 1 heterocycles. The van der Waals surface area contributed by atoms with Gasteiger partial charge in [-0.25, -0.2) is 0 Å². The van der Waals surface area contributed by atoms with Gasteiger partial charge in [-0.1, -0.05) is 27.7 Å². The Morgan fingerprint density at radius 3 is 2.70 bits per heavy atom. The summed E-state index contributed by atoms with van der Waals surface area (Å²) >= 11 is 4.84. The van der Waals surface area contributed by atoms with Crippen LogP contribution in [0, 0.1) is 0 Å². The second-order valence-corrected chi connectivity index (χ2v) is 7.84. The Balaban J connectivity index is 1.65. The number of amides is 1. The van der Waals surface area contributed by atoms with Crippen molar-refractivity contribution in [2.45, 2.75) is 49.6 Å². The summed E-state index contributed by atoms with van der Waals surface area (Å²) < 4.78 is 3.12. The number of thioether (sulfide) groups is 1. The van der Waals surface area contributed by atoms with Crippen molar-refractivity contribution in [2.24, 2.45) is 0 Å². The Morgan fingerprint density at radius 2 is 2.09 bits per heavy atom. The lowest BCUT2D eigenvalue weighted by atomic mass is 10.3. The largest absolute Gasteiger partial charge is 0.325 e. The zero-order valence-corrected chi connectivity index (χ0v) is 15.5. The maximum absolute atomic E-state index is 12.4. The van der Waals surface area contributed by atoms with Crippen LogP contribution in [-0.4, -0.2) is 25.9 Å². The fourth-order valence-corrected chi connectivity index (χ4v) is 3.50. The van der Waals surface area contributed by atoms with Crippen molar-refractivity contribution < 1.29 is 4.79 Å². The normalized spacial score (nSPS) is 15.4. The molecule has 1 saturated carbocycles. The molecule has 0 unspecified atom stereocenters. The van der Waals surface area contributed by atoms with E-state index in [1.54, 1.807) is 0 Å². The summed E-state index contributed by atoms with van der Waals surface area (Å²) in [4.78, 5) is 12.4. The van der Waals surface area contributed by atoms with Crippen LogP contribution >= 0.6 is 27.7 Å². The molecule has 5 nitrogen and oxygen atoms in total. The molecule has 1 fully saturated rings. The average Bonchev–Trinajstić information content (AvgIpc) is 3.31. The third-order valence-corrected chi connectivity index (χ3v) is 5.38. The predicted molar refractivity (Wildman–Crippen MR) is 95.8 cm³/mol. The van der Waals surface area contributed by atoms with Crippen LogP contribution in [0.4, 0.5) is 5.69 Å². The molecule has 0 bridgehead atoms. The van der Waals surface area contributed by atoms with Gasteiger partial charge in [0.1, 0.15) is 5.82 Å². The lowest BCUT2D eigenvalue weighted by molar-refractivity contribution is -0.115. The number of rotatable bonds is 6. The number of nitrogens with one attached hydrogen (secondary N) is 1. The number of benzene rings is 1. The Labute approximate surface area is 148 Å². The van der Waals surface area contributed by atoms with E-state index in [0.29, 0.717) is 5.92 Å². The van der Waals surface area contributed by atoms with Crippen molar-refractivity contribution in [3.05, 3.63) is 34.6 Å². The van der Waals surface area contributed by atoms with Gasteiger partial charge in [-0.15, -0.1) is 10.2 Å². The van der Waals surface area contributed by atoms with E-state index in [2.05, 4.69) is 42.9 Å². The summed E-state index contributed by atoms with van der Waals surface area (Å²) in [6.45, 7) is 4.82. The molecule has 1 N–H and O–H groups in total. The van der Waals surface area contributed by atoms with Gasteiger partial charge < -0.3 is 9.88 Å². The molecule has 1 amide bonds. The van der Waals surface area contributed by atoms with E-state index in [1.807, 2.05) is 31.2 Å². The molecule has 0 spiro atoms. The number of carbonyl (C=O) groups is 1.